The van der Waals surface area contributed by atoms with Gasteiger partial charge in [0.25, 0.3) is 11.8 Å². The van der Waals surface area contributed by atoms with Crippen molar-refractivity contribution in [1.29, 1.82) is 0 Å². The Morgan fingerprint density at radius 1 is 1.21 bits per heavy atom. The van der Waals surface area contributed by atoms with Gasteiger partial charge in [0.2, 0.25) is 0 Å². The van der Waals surface area contributed by atoms with Gasteiger partial charge >= 0.3 is 0 Å². The zero-order chi connectivity index (χ0) is 20.2. The Morgan fingerprint density at radius 2 is 2.00 bits per heavy atom. The molecule has 0 saturated carbocycles. The fourth-order valence-corrected chi connectivity index (χ4v) is 4.39. The highest BCUT2D eigenvalue weighted by Crippen LogP contribution is 2.45. The third-order valence-corrected chi connectivity index (χ3v) is 5.75. The SMILES string of the molecule is Cc1nocc1C(=O)N1CCN2C(=O)c3ncccc3CC12c1ccc(F)cc1. The van der Waals surface area contributed by atoms with Crippen molar-refractivity contribution in [2.45, 2.75) is 19.0 Å². The fraction of sp³-hybridized carbons (Fsp3) is 0.238. The van der Waals surface area contributed by atoms with E-state index in [0.29, 0.717) is 42.0 Å². The third kappa shape index (κ3) is 2.41. The summed E-state index contributed by atoms with van der Waals surface area (Å²) in [5, 5.41) is 3.81. The Labute approximate surface area is 165 Å². The molecule has 1 saturated heterocycles. The summed E-state index contributed by atoms with van der Waals surface area (Å²) in [6, 6.07) is 9.56. The maximum atomic E-state index is 13.7. The van der Waals surface area contributed by atoms with Crippen LogP contribution in [0.25, 0.3) is 0 Å². The molecule has 0 bridgehead atoms. The van der Waals surface area contributed by atoms with E-state index in [2.05, 4.69) is 10.1 Å². The number of nitrogens with zero attached hydrogens (tertiary/aromatic N) is 4. The molecule has 4 heterocycles. The molecule has 8 heteroatoms. The zero-order valence-corrected chi connectivity index (χ0v) is 15.6. The van der Waals surface area contributed by atoms with Crippen LogP contribution in [0, 0.1) is 12.7 Å². The van der Waals surface area contributed by atoms with Crippen LogP contribution in [-0.4, -0.2) is 44.8 Å². The van der Waals surface area contributed by atoms with Gasteiger partial charge in [-0.2, -0.15) is 0 Å². The van der Waals surface area contributed by atoms with Crippen molar-refractivity contribution in [1.82, 2.24) is 19.9 Å². The van der Waals surface area contributed by atoms with Crippen molar-refractivity contribution < 1.29 is 18.5 Å². The highest BCUT2D eigenvalue weighted by molar-refractivity contribution is 5.99. The van der Waals surface area contributed by atoms with Crippen LogP contribution in [0.3, 0.4) is 0 Å². The molecule has 7 nitrogen and oxygen atoms in total. The van der Waals surface area contributed by atoms with E-state index in [1.807, 2.05) is 6.07 Å². The summed E-state index contributed by atoms with van der Waals surface area (Å²) in [6.07, 6.45) is 3.27. The number of aryl methyl sites for hydroxylation is 1. The molecule has 3 aromatic rings. The lowest BCUT2D eigenvalue weighted by Gasteiger charge is -2.46. The van der Waals surface area contributed by atoms with Gasteiger partial charge in [-0.1, -0.05) is 23.4 Å². The summed E-state index contributed by atoms with van der Waals surface area (Å²) in [5.74, 6) is -0.907. The Hall–Kier alpha value is -3.55. The van der Waals surface area contributed by atoms with Crippen LogP contribution in [0.1, 0.15) is 37.7 Å². The molecule has 0 radical (unpaired) electrons. The summed E-state index contributed by atoms with van der Waals surface area (Å²) in [5.41, 5.74) is 1.56. The number of carbonyl (C=O) groups excluding carboxylic acids is 2. The van der Waals surface area contributed by atoms with E-state index in [1.54, 1.807) is 41.1 Å². The molecule has 2 aromatic heterocycles. The predicted octanol–water partition coefficient (Wildman–Crippen LogP) is 2.52. The first kappa shape index (κ1) is 17.5. The molecule has 1 aromatic carbocycles. The number of rotatable bonds is 2. The van der Waals surface area contributed by atoms with Gasteiger partial charge < -0.3 is 14.3 Å². The number of hydrogen-bond acceptors (Lipinski definition) is 5. The van der Waals surface area contributed by atoms with E-state index < -0.39 is 5.66 Å². The molecule has 5 rings (SSSR count). The van der Waals surface area contributed by atoms with Crippen LogP contribution in [0.2, 0.25) is 0 Å². The van der Waals surface area contributed by atoms with Gasteiger partial charge in [0.1, 0.15) is 29.0 Å². The van der Waals surface area contributed by atoms with Crippen LogP contribution < -0.4 is 0 Å². The second kappa shape index (κ2) is 6.23. The lowest BCUT2D eigenvalue weighted by Crippen LogP contribution is -2.58. The molecule has 29 heavy (non-hydrogen) atoms. The van der Waals surface area contributed by atoms with E-state index in [-0.39, 0.29) is 17.6 Å². The summed E-state index contributed by atoms with van der Waals surface area (Å²) in [6.45, 7) is 2.38. The summed E-state index contributed by atoms with van der Waals surface area (Å²) in [4.78, 5) is 34.3. The number of carbonyl (C=O) groups is 2. The number of fused-ring (bicyclic) bond motifs is 2. The highest BCUT2D eigenvalue weighted by Gasteiger charge is 2.56. The summed E-state index contributed by atoms with van der Waals surface area (Å²) < 4.78 is 18.6. The van der Waals surface area contributed by atoms with Gasteiger partial charge in [-0.15, -0.1) is 0 Å². The molecule has 0 spiro atoms. The summed E-state index contributed by atoms with van der Waals surface area (Å²) in [7, 11) is 0. The van der Waals surface area contributed by atoms with Crippen LogP contribution in [0.5, 0.6) is 0 Å². The molecule has 1 fully saturated rings. The monoisotopic (exact) mass is 392 g/mol. The smallest absolute Gasteiger partial charge is 0.274 e. The number of halogens is 1. The van der Waals surface area contributed by atoms with Gasteiger partial charge in [-0.05, 0) is 36.2 Å². The molecule has 1 atom stereocenters. The molecule has 0 aliphatic carbocycles. The second-order valence-corrected chi connectivity index (χ2v) is 7.24. The quantitative estimate of drug-likeness (QED) is 0.670. The first-order chi connectivity index (χ1) is 14.0. The van der Waals surface area contributed by atoms with E-state index >= 15 is 0 Å². The van der Waals surface area contributed by atoms with E-state index in [1.165, 1.54) is 18.4 Å². The molecule has 1 unspecified atom stereocenters. The fourth-order valence-electron chi connectivity index (χ4n) is 4.39. The van der Waals surface area contributed by atoms with Crippen LogP contribution in [-0.2, 0) is 12.1 Å². The number of pyridine rings is 1. The first-order valence-electron chi connectivity index (χ1n) is 9.27. The van der Waals surface area contributed by atoms with E-state index in [0.717, 1.165) is 5.56 Å². The standard InChI is InChI=1S/C21H17FN4O3/c1-13-17(12-29-24-13)19(27)25-9-10-26-20(28)18-14(3-2-8-23-18)11-21(25,26)15-4-6-16(22)7-5-15/h2-8,12H,9-11H2,1H3. The molecule has 2 aliphatic heterocycles. The number of aromatic nitrogens is 2. The Balaban J connectivity index is 1.71. The average Bonchev–Trinajstić information content (AvgIpc) is 3.33. The maximum Gasteiger partial charge on any atom is 0.274 e. The van der Waals surface area contributed by atoms with Crippen molar-refractivity contribution in [3.8, 4) is 0 Å². The topological polar surface area (TPSA) is 79.5 Å². The van der Waals surface area contributed by atoms with E-state index in [4.69, 9.17) is 4.52 Å². The van der Waals surface area contributed by atoms with Crippen molar-refractivity contribution >= 4 is 11.8 Å². The highest BCUT2D eigenvalue weighted by atomic mass is 19.1. The van der Waals surface area contributed by atoms with Gasteiger partial charge in [-0.25, -0.2) is 4.39 Å². The van der Waals surface area contributed by atoms with Crippen molar-refractivity contribution in [2.24, 2.45) is 0 Å². The Bertz CT molecular complexity index is 1130. The number of hydrogen-bond donors (Lipinski definition) is 0. The van der Waals surface area contributed by atoms with Crippen LogP contribution in [0.15, 0.2) is 53.4 Å². The minimum Gasteiger partial charge on any atom is -0.364 e. The molecule has 0 N–H and O–H groups in total. The maximum absolute atomic E-state index is 13.7. The van der Waals surface area contributed by atoms with Crippen LogP contribution in [0.4, 0.5) is 4.39 Å². The molecular formula is C21H17FN4O3. The zero-order valence-electron chi connectivity index (χ0n) is 15.6. The number of benzene rings is 1. The predicted molar refractivity (Wildman–Crippen MR) is 99.3 cm³/mol. The van der Waals surface area contributed by atoms with Gasteiger partial charge in [0, 0.05) is 25.7 Å². The second-order valence-electron chi connectivity index (χ2n) is 7.24. The largest absolute Gasteiger partial charge is 0.364 e. The van der Waals surface area contributed by atoms with Gasteiger partial charge in [0.15, 0.2) is 0 Å². The lowest BCUT2D eigenvalue weighted by atomic mass is 9.85. The number of amides is 2. The van der Waals surface area contributed by atoms with Crippen LogP contribution >= 0.6 is 0 Å². The minimum absolute atomic E-state index is 0.242. The average molecular weight is 392 g/mol. The normalized spacial score (nSPS) is 20.6. The van der Waals surface area contributed by atoms with Gasteiger partial charge in [0.05, 0.1) is 5.69 Å². The van der Waals surface area contributed by atoms with Gasteiger partial charge in [-0.3, -0.25) is 14.6 Å². The Kier molecular flexibility index (Phi) is 3.77. The molecular weight excluding hydrogens is 375 g/mol. The minimum atomic E-state index is -1.07. The van der Waals surface area contributed by atoms with Crippen molar-refractivity contribution in [2.75, 3.05) is 13.1 Å². The Morgan fingerprint density at radius 3 is 2.72 bits per heavy atom. The first-order valence-corrected chi connectivity index (χ1v) is 9.27. The summed E-state index contributed by atoms with van der Waals surface area (Å²) >= 11 is 0. The lowest BCUT2D eigenvalue weighted by molar-refractivity contribution is 0.00707. The third-order valence-electron chi connectivity index (χ3n) is 5.75. The van der Waals surface area contributed by atoms with Crippen molar-refractivity contribution in [3.63, 3.8) is 0 Å². The van der Waals surface area contributed by atoms with E-state index in [9.17, 15) is 14.0 Å². The van der Waals surface area contributed by atoms with Crippen molar-refractivity contribution in [3.05, 3.63) is 82.8 Å². The molecule has 2 aliphatic rings. The molecule has 146 valence electrons. The molecule has 2 amide bonds.